The van der Waals surface area contributed by atoms with Gasteiger partial charge >= 0.3 is 6.03 Å². The number of aliphatic hydroxyl groups is 2. The molecule has 2 aromatic carbocycles. The quantitative estimate of drug-likeness (QED) is 0.324. The number of carbonyl (C=O) groups is 2. The van der Waals surface area contributed by atoms with Gasteiger partial charge in [0, 0.05) is 22.3 Å². The van der Waals surface area contributed by atoms with Gasteiger partial charge in [-0.3, -0.25) is 10.1 Å². The molecule has 29 heavy (non-hydrogen) atoms. The van der Waals surface area contributed by atoms with E-state index in [4.69, 9.17) is 0 Å². The molecule has 0 spiro atoms. The Morgan fingerprint density at radius 2 is 1.31 bits per heavy atom. The number of para-hydroxylation sites is 2. The van der Waals surface area contributed by atoms with Gasteiger partial charge in [-0.05, 0) is 0 Å². The van der Waals surface area contributed by atoms with Crippen LogP contribution in [0.4, 0.5) is 4.79 Å². The third-order valence-corrected chi connectivity index (χ3v) is 4.89. The van der Waals surface area contributed by atoms with E-state index in [9.17, 15) is 30.0 Å². The summed E-state index contributed by atoms with van der Waals surface area (Å²) in [5.41, 5.74) is -2.02. The summed E-state index contributed by atoms with van der Waals surface area (Å²) in [7, 11) is 0. The highest BCUT2D eigenvalue weighted by Crippen LogP contribution is 2.45. The van der Waals surface area contributed by atoms with E-state index in [0.717, 1.165) is 0 Å². The summed E-state index contributed by atoms with van der Waals surface area (Å²) in [5.74, 6) is -1.75. The minimum atomic E-state index is -2.00. The Bertz CT molecular complexity index is 953. The molecule has 3 amide bonds. The molecule has 0 saturated carbocycles. The van der Waals surface area contributed by atoms with Crippen LogP contribution in [0.1, 0.15) is 34.5 Å². The van der Waals surface area contributed by atoms with Gasteiger partial charge in [0.2, 0.25) is 0 Å². The number of phenols is 2. The van der Waals surface area contributed by atoms with E-state index < -0.39 is 41.2 Å². The molecule has 0 radical (unpaired) electrons. The van der Waals surface area contributed by atoms with Gasteiger partial charge in [0.25, 0.3) is 5.91 Å². The topological polar surface area (TPSA) is 139 Å². The average molecular weight is 396 g/mol. The standard InChI is InChI=1S/C21H20N2O6/c1-3-15(24)11-7-5-9-13(17(11)26)21(19(28)22-20(29)23-21)14-10-6-8-12(18(14)27)16(25)4-2/h3-10,15-16,24-27H,1-2H2,(H2,22,23,28,29). The normalized spacial score (nSPS) is 20.5. The minimum absolute atomic E-state index is 0.0626. The molecule has 1 saturated heterocycles. The van der Waals surface area contributed by atoms with Crippen LogP contribution in [0, 0.1) is 0 Å². The summed E-state index contributed by atoms with van der Waals surface area (Å²) in [5, 5.41) is 46.4. The maximum atomic E-state index is 12.9. The van der Waals surface area contributed by atoms with Crippen molar-refractivity contribution in [2.75, 3.05) is 0 Å². The van der Waals surface area contributed by atoms with Crippen molar-refractivity contribution < 1.29 is 30.0 Å². The number of carbonyl (C=O) groups excluding carboxylic acids is 2. The molecule has 2 aromatic rings. The van der Waals surface area contributed by atoms with Crippen LogP contribution in [0.2, 0.25) is 0 Å². The van der Waals surface area contributed by atoms with Crippen molar-refractivity contribution >= 4 is 11.9 Å². The average Bonchev–Trinajstić information content (AvgIpc) is 3.01. The Hall–Kier alpha value is -3.62. The molecule has 1 heterocycles. The number of hydrogen-bond donors (Lipinski definition) is 6. The lowest BCUT2D eigenvalue weighted by Gasteiger charge is -2.30. The van der Waals surface area contributed by atoms with Crippen molar-refractivity contribution in [1.29, 1.82) is 0 Å². The second-order valence-corrected chi connectivity index (χ2v) is 6.51. The first kappa shape index (κ1) is 20.1. The fraction of sp³-hybridized carbons (Fsp3) is 0.143. The predicted molar refractivity (Wildman–Crippen MR) is 104 cm³/mol. The van der Waals surface area contributed by atoms with Crippen molar-refractivity contribution in [1.82, 2.24) is 10.6 Å². The molecule has 1 aliphatic heterocycles. The third-order valence-electron chi connectivity index (χ3n) is 4.89. The Labute approximate surface area is 166 Å². The Morgan fingerprint density at radius 1 is 0.862 bits per heavy atom. The Kier molecular flexibility index (Phi) is 5.15. The lowest BCUT2D eigenvalue weighted by atomic mass is 9.79. The van der Waals surface area contributed by atoms with Gasteiger partial charge in [-0.1, -0.05) is 48.6 Å². The van der Waals surface area contributed by atoms with Crippen LogP contribution in [0.3, 0.4) is 0 Å². The third kappa shape index (κ3) is 3.04. The number of nitrogens with one attached hydrogen (secondary N) is 2. The molecule has 0 aromatic heterocycles. The highest BCUT2D eigenvalue weighted by molar-refractivity contribution is 6.10. The van der Waals surface area contributed by atoms with Crippen LogP contribution in [0.25, 0.3) is 0 Å². The van der Waals surface area contributed by atoms with E-state index in [1.54, 1.807) is 0 Å². The first-order valence-electron chi connectivity index (χ1n) is 8.67. The number of aliphatic hydroxyl groups excluding tert-OH is 2. The molecule has 0 bridgehead atoms. The van der Waals surface area contributed by atoms with Gasteiger partial charge in [-0.2, -0.15) is 0 Å². The molecule has 2 unspecified atom stereocenters. The monoisotopic (exact) mass is 396 g/mol. The first-order valence-corrected chi connectivity index (χ1v) is 8.67. The van der Waals surface area contributed by atoms with Gasteiger partial charge < -0.3 is 25.7 Å². The van der Waals surface area contributed by atoms with E-state index in [-0.39, 0.29) is 22.3 Å². The van der Waals surface area contributed by atoms with Crippen molar-refractivity contribution in [2.45, 2.75) is 17.7 Å². The van der Waals surface area contributed by atoms with Crippen molar-refractivity contribution in [2.24, 2.45) is 0 Å². The summed E-state index contributed by atoms with van der Waals surface area (Å²) in [4.78, 5) is 25.0. The molecule has 8 nitrogen and oxygen atoms in total. The van der Waals surface area contributed by atoms with Crippen LogP contribution in [-0.4, -0.2) is 32.4 Å². The SMILES string of the molecule is C=CC(O)c1cccc(C2(c3cccc(C(O)C=C)c3O)NC(=O)NC2=O)c1O. The zero-order valence-corrected chi connectivity index (χ0v) is 15.3. The number of phenolic OH excluding ortho intramolecular Hbond substituents is 2. The van der Waals surface area contributed by atoms with Gasteiger partial charge in [0.05, 0.1) is 0 Å². The molecule has 150 valence electrons. The highest BCUT2D eigenvalue weighted by Gasteiger charge is 2.52. The first-order chi connectivity index (χ1) is 13.8. The smallest absolute Gasteiger partial charge is 0.322 e. The van der Waals surface area contributed by atoms with E-state index >= 15 is 0 Å². The van der Waals surface area contributed by atoms with Crippen LogP contribution < -0.4 is 10.6 Å². The summed E-state index contributed by atoms with van der Waals surface area (Å²) < 4.78 is 0. The van der Waals surface area contributed by atoms with Crippen LogP contribution in [-0.2, 0) is 10.3 Å². The zero-order chi connectivity index (χ0) is 21.3. The predicted octanol–water partition coefficient (Wildman–Crippen LogP) is 1.62. The molecule has 8 heteroatoms. The molecule has 1 aliphatic rings. The second-order valence-electron chi connectivity index (χ2n) is 6.51. The van der Waals surface area contributed by atoms with E-state index in [1.165, 1.54) is 48.6 Å². The van der Waals surface area contributed by atoms with Crippen molar-refractivity contribution in [3.8, 4) is 11.5 Å². The van der Waals surface area contributed by atoms with Gasteiger partial charge in [0.1, 0.15) is 23.7 Å². The second kappa shape index (κ2) is 7.42. The Morgan fingerprint density at radius 3 is 1.66 bits per heavy atom. The number of amides is 3. The summed E-state index contributed by atoms with van der Waals surface area (Å²) >= 11 is 0. The van der Waals surface area contributed by atoms with Gasteiger partial charge in [0.15, 0.2) is 5.54 Å². The van der Waals surface area contributed by atoms with E-state index in [1.807, 2.05) is 0 Å². The number of rotatable bonds is 6. The summed E-state index contributed by atoms with van der Waals surface area (Å²) in [6, 6.07) is 7.77. The van der Waals surface area contributed by atoms with Crippen LogP contribution in [0.15, 0.2) is 61.7 Å². The number of imide groups is 1. The molecule has 2 atom stereocenters. The summed E-state index contributed by atoms with van der Waals surface area (Å²) in [6.07, 6.45) is -0.0707. The van der Waals surface area contributed by atoms with Crippen molar-refractivity contribution in [3.05, 3.63) is 84.0 Å². The number of urea groups is 1. The number of aromatic hydroxyl groups is 2. The molecule has 1 fully saturated rings. The van der Waals surface area contributed by atoms with E-state index in [0.29, 0.717) is 0 Å². The van der Waals surface area contributed by atoms with Gasteiger partial charge in [-0.15, -0.1) is 13.2 Å². The minimum Gasteiger partial charge on any atom is -0.507 e. The van der Waals surface area contributed by atoms with E-state index in [2.05, 4.69) is 23.8 Å². The molecular formula is C21H20N2O6. The lowest BCUT2D eigenvalue weighted by molar-refractivity contribution is -0.123. The van der Waals surface area contributed by atoms with Gasteiger partial charge in [-0.25, -0.2) is 4.79 Å². The largest absolute Gasteiger partial charge is 0.507 e. The zero-order valence-electron chi connectivity index (χ0n) is 15.3. The fourth-order valence-corrected chi connectivity index (χ4v) is 3.44. The van der Waals surface area contributed by atoms with Crippen molar-refractivity contribution in [3.63, 3.8) is 0 Å². The number of benzene rings is 2. The molecular weight excluding hydrogens is 376 g/mol. The Balaban J connectivity index is 2.35. The number of hydrogen-bond acceptors (Lipinski definition) is 6. The summed E-state index contributed by atoms with van der Waals surface area (Å²) in [6.45, 7) is 6.95. The maximum absolute atomic E-state index is 12.9. The molecule has 6 N–H and O–H groups in total. The maximum Gasteiger partial charge on any atom is 0.322 e. The molecule has 3 rings (SSSR count). The van der Waals surface area contributed by atoms with Crippen LogP contribution in [0.5, 0.6) is 11.5 Å². The molecule has 0 aliphatic carbocycles. The fourth-order valence-electron chi connectivity index (χ4n) is 3.44. The highest BCUT2D eigenvalue weighted by atomic mass is 16.3. The lowest BCUT2D eigenvalue weighted by Crippen LogP contribution is -2.45. The van der Waals surface area contributed by atoms with Crippen LogP contribution >= 0.6 is 0 Å².